The number of aromatic amines is 1. The van der Waals surface area contributed by atoms with Gasteiger partial charge in [0.1, 0.15) is 0 Å². The second kappa shape index (κ2) is 14.2. The highest BCUT2D eigenvalue weighted by Gasteiger charge is 2.34. The molecule has 1 N–H and O–H groups in total. The van der Waals surface area contributed by atoms with Gasteiger partial charge in [-0.15, -0.1) is 0 Å². The van der Waals surface area contributed by atoms with Crippen LogP contribution in [0.25, 0.3) is 21.8 Å². The van der Waals surface area contributed by atoms with Gasteiger partial charge in [0.15, 0.2) is 0 Å². The fourth-order valence-corrected chi connectivity index (χ4v) is 5.62. The summed E-state index contributed by atoms with van der Waals surface area (Å²) >= 11 is 0. The Bertz CT molecular complexity index is 1370. The number of hydrogen-bond donors (Lipinski definition) is 1. The maximum Gasteiger partial charge on any atom is 0.417 e. The Kier molecular flexibility index (Phi) is 11.0. The van der Waals surface area contributed by atoms with Gasteiger partial charge < -0.3 is 14.5 Å². The van der Waals surface area contributed by atoms with Crippen LogP contribution in [0.3, 0.4) is 0 Å². The minimum absolute atomic E-state index is 0.0735. The molecule has 0 amide bonds. The maximum atomic E-state index is 13.9. The largest absolute Gasteiger partial charge is 0.417 e. The summed E-state index contributed by atoms with van der Waals surface area (Å²) in [5.41, 5.74) is 1.24. The number of H-pyrrole nitrogens is 1. The van der Waals surface area contributed by atoms with Crippen molar-refractivity contribution in [2.24, 2.45) is 0 Å². The van der Waals surface area contributed by atoms with E-state index in [0.717, 1.165) is 87.9 Å². The molecule has 0 saturated heterocycles. The standard InChI is InChI=1S/C30H38F3N5O/c1-3-25-22(2)28-26(14-13-24-29(28)23(30(31,32)33)21-27(39)36-24)38(25)20-10-8-6-4-5-7-9-17-37(18-11-15-34)19-12-16-35/h13-14,21H,3-12,17-20H2,1-2H3,(H,36,39). The zero-order valence-corrected chi connectivity index (χ0v) is 23.0. The first-order valence-electron chi connectivity index (χ1n) is 13.9. The van der Waals surface area contributed by atoms with Crippen LogP contribution in [0.15, 0.2) is 23.0 Å². The van der Waals surface area contributed by atoms with Gasteiger partial charge in [-0.05, 0) is 50.4 Å². The van der Waals surface area contributed by atoms with E-state index in [1.165, 1.54) is 0 Å². The van der Waals surface area contributed by atoms with Crippen LogP contribution in [0.4, 0.5) is 13.2 Å². The quantitative estimate of drug-likeness (QED) is 0.206. The number of nitriles is 2. The van der Waals surface area contributed by atoms with E-state index >= 15 is 0 Å². The highest BCUT2D eigenvalue weighted by molar-refractivity contribution is 6.09. The Labute approximate surface area is 228 Å². The number of unbranched alkanes of at least 4 members (excludes halogenated alkanes) is 6. The molecule has 0 spiro atoms. The molecule has 0 aliphatic carbocycles. The fraction of sp³-hybridized carbons (Fsp3) is 0.567. The normalized spacial score (nSPS) is 11.9. The lowest BCUT2D eigenvalue weighted by Crippen LogP contribution is -2.26. The zero-order valence-electron chi connectivity index (χ0n) is 23.0. The number of halogens is 3. The van der Waals surface area contributed by atoms with Crippen LogP contribution >= 0.6 is 0 Å². The van der Waals surface area contributed by atoms with Gasteiger partial charge in [0, 0.05) is 66.0 Å². The van der Waals surface area contributed by atoms with Crippen LogP contribution in [0.2, 0.25) is 0 Å². The van der Waals surface area contributed by atoms with Crippen molar-refractivity contribution in [2.45, 2.75) is 90.8 Å². The van der Waals surface area contributed by atoms with Crippen LogP contribution in [0.1, 0.15) is 81.5 Å². The number of nitrogens with one attached hydrogen (secondary N) is 1. The summed E-state index contributed by atoms with van der Waals surface area (Å²) in [6, 6.07) is 8.42. The van der Waals surface area contributed by atoms with Crippen LogP contribution in [0, 0.1) is 29.6 Å². The highest BCUT2D eigenvalue weighted by Crippen LogP contribution is 2.39. The minimum atomic E-state index is -4.62. The molecular weight excluding hydrogens is 503 g/mol. The summed E-state index contributed by atoms with van der Waals surface area (Å²) in [5, 5.41) is 18.3. The molecule has 0 fully saturated rings. The molecule has 0 saturated carbocycles. The minimum Gasteiger partial charge on any atom is -0.344 e. The molecule has 3 aromatic rings. The third-order valence-corrected chi connectivity index (χ3v) is 7.49. The molecule has 6 nitrogen and oxygen atoms in total. The molecule has 0 aliphatic rings. The molecular formula is C30H38F3N5O. The summed E-state index contributed by atoms with van der Waals surface area (Å²) in [6.45, 7) is 7.00. The van der Waals surface area contributed by atoms with Crippen molar-refractivity contribution >= 4 is 21.8 Å². The van der Waals surface area contributed by atoms with E-state index in [4.69, 9.17) is 10.5 Å². The van der Waals surface area contributed by atoms with Crippen LogP contribution in [-0.4, -0.2) is 34.1 Å². The van der Waals surface area contributed by atoms with E-state index in [1.54, 1.807) is 6.07 Å². The monoisotopic (exact) mass is 541 g/mol. The SMILES string of the molecule is CCc1c(C)c2c3c(C(F)(F)F)cc(=O)[nH]c3ccc2n1CCCCCCCCCN(CCC#N)CCC#N. The van der Waals surface area contributed by atoms with Gasteiger partial charge >= 0.3 is 6.18 Å². The Morgan fingerprint density at radius 2 is 1.54 bits per heavy atom. The molecule has 1 aromatic carbocycles. The van der Waals surface area contributed by atoms with Gasteiger partial charge in [-0.25, -0.2) is 0 Å². The zero-order chi connectivity index (χ0) is 28.4. The molecule has 0 aliphatic heterocycles. The molecule has 0 radical (unpaired) electrons. The summed E-state index contributed by atoms with van der Waals surface area (Å²) in [4.78, 5) is 16.7. The topological polar surface area (TPSA) is 88.6 Å². The Morgan fingerprint density at radius 3 is 2.13 bits per heavy atom. The van der Waals surface area contributed by atoms with Crippen molar-refractivity contribution < 1.29 is 13.2 Å². The van der Waals surface area contributed by atoms with Crippen molar-refractivity contribution in [1.29, 1.82) is 10.5 Å². The lowest BCUT2D eigenvalue weighted by atomic mass is 10.0. The van der Waals surface area contributed by atoms with E-state index in [9.17, 15) is 18.0 Å². The van der Waals surface area contributed by atoms with Crippen LogP contribution < -0.4 is 5.56 Å². The van der Waals surface area contributed by atoms with Gasteiger partial charge in [0.05, 0.1) is 17.7 Å². The van der Waals surface area contributed by atoms with Gasteiger partial charge in [0.25, 0.3) is 0 Å². The predicted octanol–water partition coefficient (Wildman–Crippen LogP) is 7.23. The molecule has 0 unspecified atom stereocenters. The summed E-state index contributed by atoms with van der Waals surface area (Å²) < 4.78 is 43.9. The lowest BCUT2D eigenvalue weighted by molar-refractivity contribution is -0.136. The number of pyridine rings is 1. The number of nitrogens with zero attached hydrogens (tertiary/aromatic N) is 4. The number of aromatic nitrogens is 2. The molecule has 0 bridgehead atoms. The summed E-state index contributed by atoms with van der Waals surface area (Å²) in [7, 11) is 0. The average molecular weight is 542 g/mol. The summed E-state index contributed by atoms with van der Waals surface area (Å²) in [5.74, 6) is 0. The van der Waals surface area contributed by atoms with Crippen molar-refractivity contribution in [3.8, 4) is 12.1 Å². The molecule has 2 aromatic heterocycles. The van der Waals surface area contributed by atoms with Crippen LogP contribution in [-0.2, 0) is 19.1 Å². The fourth-order valence-electron chi connectivity index (χ4n) is 5.62. The Hall–Kier alpha value is -3.30. The maximum absolute atomic E-state index is 13.9. The van der Waals surface area contributed by atoms with Crippen molar-refractivity contribution in [1.82, 2.24) is 14.5 Å². The number of fused-ring (bicyclic) bond motifs is 3. The molecule has 210 valence electrons. The van der Waals surface area contributed by atoms with Gasteiger partial charge in [0.2, 0.25) is 5.56 Å². The van der Waals surface area contributed by atoms with E-state index < -0.39 is 17.3 Å². The Morgan fingerprint density at radius 1 is 0.923 bits per heavy atom. The Balaban J connectivity index is 1.59. The first-order valence-corrected chi connectivity index (χ1v) is 13.9. The van der Waals surface area contributed by atoms with Crippen molar-refractivity contribution in [2.75, 3.05) is 19.6 Å². The van der Waals surface area contributed by atoms with Gasteiger partial charge in [-0.2, -0.15) is 23.7 Å². The third kappa shape index (κ3) is 7.64. The second-order valence-corrected chi connectivity index (χ2v) is 10.1. The third-order valence-electron chi connectivity index (χ3n) is 7.49. The van der Waals surface area contributed by atoms with E-state index in [-0.39, 0.29) is 10.9 Å². The molecule has 3 rings (SSSR count). The van der Waals surface area contributed by atoms with E-state index in [1.807, 2.05) is 19.9 Å². The van der Waals surface area contributed by atoms with E-state index in [2.05, 4.69) is 26.6 Å². The highest BCUT2D eigenvalue weighted by atomic mass is 19.4. The smallest absolute Gasteiger partial charge is 0.344 e. The molecule has 39 heavy (non-hydrogen) atoms. The predicted molar refractivity (Wildman–Crippen MR) is 148 cm³/mol. The number of hydrogen-bond acceptors (Lipinski definition) is 4. The first kappa shape index (κ1) is 30.2. The number of aryl methyl sites for hydroxylation is 2. The number of alkyl halides is 3. The van der Waals surface area contributed by atoms with Crippen molar-refractivity contribution in [3.63, 3.8) is 0 Å². The summed E-state index contributed by atoms with van der Waals surface area (Å²) in [6.07, 6.45) is 4.62. The molecule has 2 heterocycles. The average Bonchev–Trinajstić information content (AvgIpc) is 3.18. The molecule has 0 atom stereocenters. The molecule has 9 heteroatoms. The van der Waals surface area contributed by atoms with Crippen molar-refractivity contribution in [3.05, 3.63) is 45.4 Å². The van der Waals surface area contributed by atoms with Gasteiger partial charge in [-0.3, -0.25) is 4.79 Å². The van der Waals surface area contributed by atoms with E-state index in [0.29, 0.717) is 30.7 Å². The van der Waals surface area contributed by atoms with Gasteiger partial charge in [-0.1, -0.05) is 39.0 Å². The van der Waals surface area contributed by atoms with Crippen LogP contribution in [0.5, 0.6) is 0 Å². The lowest BCUT2D eigenvalue weighted by Gasteiger charge is -2.19. The second-order valence-electron chi connectivity index (χ2n) is 10.1. The first-order chi connectivity index (χ1) is 18.7. The number of rotatable bonds is 15. The number of benzene rings is 1.